The molecular formula is C31H34BN7O3. The van der Waals surface area contributed by atoms with Gasteiger partial charge in [-0.1, -0.05) is 24.8 Å². The summed E-state index contributed by atoms with van der Waals surface area (Å²) in [7, 11) is 8.70. The van der Waals surface area contributed by atoms with E-state index in [2.05, 4.69) is 26.8 Å². The number of hydrogen-bond acceptors (Lipinski definition) is 7. The first-order valence-corrected chi connectivity index (χ1v) is 14.3. The summed E-state index contributed by atoms with van der Waals surface area (Å²) < 4.78 is 5.90. The molecule has 0 bridgehead atoms. The van der Waals surface area contributed by atoms with Crippen LogP contribution in [-0.2, 0) is 16.8 Å². The van der Waals surface area contributed by atoms with E-state index in [0.717, 1.165) is 36.6 Å². The second-order valence-corrected chi connectivity index (χ2v) is 10.9. The van der Waals surface area contributed by atoms with E-state index in [4.69, 9.17) is 12.6 Å². The van der Waals surface area contributed by atoms with E-state index in [1.807, 2.05) is 48.5 Å². The summed E-state index contributed by atoms with van der Waals surface area (Å²) >= 11 is 0. The third-order valence-corrected chi connectivity index (χ3v) is 8.29. The molecule has 214 valence electrons. The van der Waals surface area contributed by atoms with Gasteiger partial charge in [-0.2, -0.15) is 4.98 Å². The van der Waals surface area contributed by atoms with E-state index in [9.17, 15) is 9.59 Å². The van der Waals surface area contributed by atoms with Crippen LogP contribution in [0.5, 0.6) is 5.75 Å². The van der Waals surface area contributed by atoms with Crippen molar-refractivity contribution < 1.29 is 14.3 Å². The number of fused-ring (bicyclic) bond motifs is 2. The van der Waals surface area contributed by atoms with Gasteiger partial charge in [0.25, 0.3) is 0 Å². The quantitative estimate of drug-likeness (QED) is 0.327. The van der Waals surface area contributed by atoms with Gasteiger partial charge < -0.3 is 19.9 Å². The number of anilines is 4. The van der Waals surface area contributed by atoms with Crippen LogP contribution in [0.25, 0.3) is 0 Å². The van der Waals surface area contributed by atoms with Crippen molar-refractivity contribution in [1.29, 1.82) is 0 Å². The predicted molar refractivity (Wildman–Crippen MR) is 163 cm³/mol. The second-order valence-electron chi connectivity index (χ2n) is 10.9. The zero-order valence-corrected chi connectivity index (χ0v) is 23.8. The maximum Gasteiger partial charge on any atom is 0.325 e. The van der Waals surface area contributed by atoms with E-state index in [1.165, 1.54) is 23.8 Å². The molecule has 1 unspecified atom stereocenters. The number of nitrogens with one attached hydrogen (secondary N) is 1. The fourth-order valence-electron chi connectivity index (χ4n) is 5.98. The number of amides is 3. The molecule has 2 aromatic carbocycles. The van der Waals surface area contributed by atoms with Gasteiger partial charge in [-0.3, -0.25) is 14.6 Å². The van der Waals surface area contributed by atoms with Gasteiger partial charge in [0, 0.05) is 48.7 Å². The largest absolute Gasteiger partial charge is 0.492 e. The topological polar surface area (TPSA) is 94.1 Å². The minimum Gasteiger partial charge on any atom is -0.492 e. The summed E-state index contributed by atoms with van der Waals surface area (Å²) in [5.41, 5.74) is 1.85. The lowest BCUT2D eigenvalue weighted by Crippen LogP contribution is -2.59. The van der Waals surface area contributed by atoms with Crippen molar-refractivity contribution in [3.63, 3.8) is 0 Å². The molecule has 3 amide bonds. The number of rotatable bonds is 8. The molecule has 1 fully saturated rings. The van der Waals surface area contributed by atoms with Gasteiger partial charge >= 0.3 is 6.03 Å². The first-order chi connectivity index (χ1) is 20.4. The van der Waals surface area contributed by atoms with Gasteiger partial charge in [0.1, 0.15) is 26.0 Å². The van der Waals surface area contributed by atoms with Crippen molar-refractivity contribution in [3.8, 4) is 5.75 Å². The van der Waals surface area contributed by atoms with Crippen LogP contribution in [0.4, 0.5) is 27.9 Å². The summed E-state index contributed by atoms with van der Waals surface area (Å²) in [6, 6.07) is 14.8. The van der Waals surface area contributed by atoms with E-state index >= 15 is 0 Å². The number of aromatic nitrogens is 2. The SMILES string of the molecule is [B]C1(N2Cc3cnc(Nc4ccc(OCCN5CCCC5)cc4)nc3N(C)C2=O)CCN(C(=O)C=C)c2ccccc21. The summed E-state index contributed by atoms with van der Waals surface area (Å²) in [6.45, 7) is 8.14. The van der Waals surface area contributed by atoms with Crippen LogP contribution in [0.2, 0.25) is 0 Å². The van der Waals surface area contributed by atoms with E-state index in [0.29, 0.717) is 42.6 Å². The average molecular weight is 563 g/mol. The zero-order chi connectivity index (χ0) is 29.3. The molecule has 11 heteroatoms. The number of likely N-dealkylation sites (tertiary alicyclic amines) is 1. The molecule has 4 heterocycles. The Morgan fingerprint density at radius 2 is 1.90 bits per heavy atom. The number of ether oxygens (including phenoxy) is 1. The highest BCUT2D eigenvalue weighted by atomic mass is 16.5. The Morgan fingerprint density at radius 1 is 1.14 bits per heavy atom. The van der Waals surface area contributed by atoms with Crippen LogP contribution in [0, 0.1) is 0 Å². The van der Waals surface area contributed by atoms with Gasteiger partial charge in [0.15, 0.2) is 0 Å². The lowest BCUT2D eigenvalue weighted by Gasteiger charge is -2.50. The van der Waals surface area contributed by atoms with Gasteiger partial charge in [-0.25, -0.2) is 9.78 Å². The lowest BCUT2D eigenvalue weighted by molar-refractivity contribution is -0.114. The summed E-state index contributed by atoms with van der Waals surface area (Å²) in [4.78, 5) is 42.6. The molecule has 0 spiro atoms. The number of carbonyl (C=O) groups excluding carboxylic acids is 2. The van der Waals surface area contributed by atoms with Crippen molar-refractivity contribution >= 4 is 42.9 Å². The first-order valence-electron chi connectivity index (χ1n) is 14.3. The first kappa shape index (κ1) is 27.8. The van der Waals surface area contributed by atoms with Gasteiger partial charge in [0.2, 0.25) is 11.9 Å². The maximum absolute atomic E-state index is 13.7. The Balaban J connectivity index is 1.16. The van der Waals surface area contributed by atoms with Gasteiger partial charge in [-0.15, -0.1) is 0 Å². The number of carbonyl (C=O) groups is 2. The molecule has 0 aliphatic carbocycles. The van der Waals surface area contributed by atoms with Crippen LogP contribution in [0.1, 0.15) is 30.4 Å². The fraction of sp³-hybridized carbons (Fsp3) is 0.355. The molecule has 0 saturated carbocycles. The van der Waals surface area contributed by atoms with Crippen LogP contribution in [0.15, 0.2) is 67.4 Å². The molecule has 1 saturated heterocycles. The highest BCUT2D eigenvalue weighted by Crippen LogP contribution is 2.43. The van der Waals surface area contributed by atoms with Crippen LogP contribution >= 0.6 is 0 Å². The normalized spacial score (nSPS) is 20.2. The third-order valence-electron chi connectivity index (χ3n) is 8.29. The number of benzene rings is 2. The molecule has 10 nitrogen and oxygen atoms in total. The van der Waals surface area contributed by atoms with E-state index in [1.54, 1.807) is 23.0 Å². The molecule has 1 atom stereocenters. The van der Waals surface area contributed by atoms with Gasteiger partial charge in [-0.05, 0) is 74.3 Å². The lowest BCUT2D eigenvalue weighted by atomic mass is 9.65. The molecule has 6 rings (SSSR count). The number of hydrogen-bond donors (Lipinski definition) is 1. The van der Waals surface area contributed by atoms with E-state index < -0.39 is 5.44 Å². The van der Waals surface area contributed by atoms with Crippen molar-refractivity contribution in [2.45, 2.75) is 31.2 Å². The van der Waals surface area contributed by atoms with Crippen LogP contribution in [-0.4, -0.2) is 79.4 Å². The summed E-state index contributed by atoms with van der Waals surface area (Å²) in [5, 5.41) is 3.23. The maximum atomic E-state index is 13.7. The monoisotopic (exact) mass is 563 g/mol. The van der Waals surface area contributed by atoms with Crippen LogP contribution in [0.3, 0.4) is 0 Å². The van der Waals surface area contributed by atoms with Crippen molar-refractivity contribution in [1.82, 2.24) is 19.8 Å². The third kappa shape index (κ3) is 5.20. The number of nitrogens with zero attached hydrogens (tertiary/aromatic N) is 6. The molecule has 1 aromatic heterocycles. The molecule has 1 N–H and O–H groups in total. The van der Waals surface area contributed by atoms with Crippen molar-refractivity contribution in [2.75, 3.05) is 55.0 Å². The Morgan fingerprint density at radius 3 is 2.67 bits per heavy atom. The minimum absolute atomic E-state index is 0.204. The second kappa shape index (κ2) is 11.5. The molecule has 42 heavy (non-hydrogen) atoms. The zero-order valence-electron chi connectivity index (χ0n) is 23.8. The Labute approximate surface area is 247 Å². The number of para-hydroxylation sites is 1. The predicted octanol–water partition coefficient (Wildman–Crippen LogP) is 4.01. The fourth-order valence-corrected chi connectivity index (χ4v) is 5.98. The Kier molecular flexibility index (Phi) is 7.59. The van der Waals surface area contributed by atoms with Crippen LogP contribution < -0.4 is 19.9 Å². The highest BCUT2D eigenvalue weighted by molar-refractivity contribution is 6.19. The molecule has 3 aliphatic rings. The van der Waals surface area contributed by atoms with Crippen molar-refractivity contribution in [3.05, 3.63) is 78.5 Å². The molecule has 2 radical (unpaired) electrons. The van der Waals surface area contributed by atoms with Crippen molar-refractivity contribution in [2.24, 2.45) is 0 Å². The molecule has 3 aromatic rings. The molecular weight excluding hydrogens is 529 g/mol. The highest BCUT2D eigenvalue weighted by Gasteiger charge is 2.45. The Hall–Kier alpha value is -4.38. The summed E-state index contributed by atoms with van der Waals surface area (Å²) in [6.07, 6.45) is 5.93. The number of urea groups is 1. The van der Waals surface area contributed by atoms with E-state index in [-0.39, 0.29) is 18.5 Å². The average Bonchev–Trinajstić information content (AvgIpc) is 3.54. The molecule has 3 aliphatic heterocycles. The Bertz CT molecular complexity index is 1490. The minimum atomic E-state index is -1.12. The smallest absolute Gasteiger partial charge is 0.325 e. The van der Waals surface area contributed by atoms with Gasteiger partial charge in [0.05, 0.1) is 6.54 Å². The standard InChI is InChI=1S/C31H34BN7O3/c1-3-27(40)38-17-14-31(32,25-8-4-5-9-26(25)38)39-21-22-20-33-29(35-28(22)36(2)30(39)41)34-23-10-12-24(13-11-23)42-19-18-37-15-6-7-16-37/h3-5,8-13,20H,1,6-7,14-19,21H2,2H3,(H,33,34,35). The summed E-state index contributed by atoms with van der Waals surface area (Å²) in [5.74, 6) is 1.51.